The maximum Gasteiger partial charge on any atom is 0.217 e. The molecule has 0 unspecified atom stereocenters. The zero-order valence-corrected chi connectivity index (χ0v) is 11.5. The van der Waals surface area contributed by atoms with E-state index in [1.54, 1.807) is 20.0 Å². The monoisotopic (exact) mass is 263 g/mol. The van der Waals surface area contributed by atoms with Gasteiger partial charge in [0, 0.05) is 32.3 Å². The number of aliphatic hydroxyl groups excluding tert-OH is 1. The van der Waals surface area contributed by atoms with Crippen LogP contribution in [0.3, 0.4) is 0 Å². The number of pyridine rings is 1. The minimum atomic E-state index is -0.480. The molecule has 19 heavy (non-hydrogen) atoms. The van der Waals surface area contributed by atoms with Gasteiger partial charge < -0.3 is 15.3 Å². The van der Waals surface area contributed by atoms with E-state index in [-0.39, 0.29) is 11.9 Å². The highest BCUT2D eigenvalue weighted by Gasteiger charge is 2.20. The average Bonchev–Trinajstić information content (AvgIpc) is 2.39. The number of hydrogen-bond acceptors (Lipinski definition) is 4. The molecule has 1 aliphatic rings. The summed E-state index contributed by atoms with van der Waals surface area (Å²) in [7, 11) is 0. The summed E-state index contributed by atoms with van der Waals surface area (Å²) >= 11 is 0. The molecule has 2 N–H and O–H groups in total. The van der Waals surface area contributed by atoms with Crippen LogP contribution in [0.1, 0.15) is 38.4 Å². The van der Waals surface area contributed by atoms with Crippen LogP contribution in [0.5, 0.6) is 0 Å². The highest BCUT2D eigenvalue weighted by molar-refractivity contribution is 5.73. The summed E-state index contributed by atoms with van der Waals surface area (Å²) in [6.07, 6.45) is 3.13. The Morgan fingerprint density at radius 1 is 1.47 bits per heavy atom. The van der Waals surface area contributed by atoms with Crippen molar-refractivity contribution < 1.29 is 9.90 Å². The van der Waals surface area contributed by atoms with E-state index in [4.69, 9.17) is 0 Å². The van der Waals surface area contributed by atoms with Crippen LogP contribution in [0.4, 0.5) is 5.82 Å². The van der Waals surface area contributed by atoms with E-state index in [0.717, 1.165) is 37.3 Å². The molecule has 1 aliphatic heterocycles. The lowest BCUT2D eigenvalue weighted by molar-refractivity contribution is -0.119. The summed E-state index contributed by atoms with van der Waals surface area (Å²) in [6, 6.07) is 4.14. The Bertz CT molecular complexity index is 423. The molecule has 1 atom stereocenters. The van der Waals surface area contributed by atoms with Crippen LogP contribution in [-0.4, -0.2) is 35.1 Å². The Morgan fingerprint density at radius 2 is 2.16 bits per heavy atom. The first-order valence-corrected chi connectivity index (χ1v) is 6.72. The maximum absolute atomic E-state index is 11.0. The average molecular weight is 263 g/mol. The Morgan fingerprint density at radius 3 is 2.63 bits per heavy atom. The predicted molar refractivity (Wildman–Crippen MR) is 73.9 cm³/mol. The second kappa shape index (κ2) is 6.02. The molecular formula is C14H21N3O2. The molecule has 0 saturated carbocycles. The van der Waals surface area contributed by atoms with E-state index in [2.05, 4.69) is 15.2 Å². The molecule has 5 heteroatoms. The van der Waals surface area contributed by atoms with Crippen LogP contribution in [0.2, 0.25) is 0 Å². The number of aliphatic hydroxyl groups is 1. The number of carbonyl (C=O) groups is 1. The van der Waals surface area contributed by atoms with Crippen molar-refractivity contribution in [2.45, 2.75) is 38.8 Å². The van der Waals surface area contributed by atoms with Gasteiger partial charge in [-0.3, -0.25) is 4.79 Å². The van der Waals surface area contributed by atoms with Crippen molar-refractivity contribution >= 4 is 11.7 Å². The second-order valence-corrected chi connectivity index (χ2v) is 5.09. The molecule has 1 aromatic heterocycles. The largest absolute Gasteiger partial charge is 0.389 e. The van der Waals surface area contributed by atoms with Crippen molar-refractivity contribution in [2.24, 2.45) is 0 Å². The summed E-state index contributed by atoms with van der Waals surface area (Å²) in [5, 5.41) is 12.4. The highest BCUT2D eigenvalue weighted by Crippen LogP contribution is 2.19. The molecule has 0 aliphatic carbocycles. The van der Waals surface area contributed by atoms with E-state index in [1.807, 2.05) is 12.1 Å². The maximum atomic E-state index is 11.0. The normalized spacial score (nSPS) is 18.2. The van der Waals surface area contributed by atoms with Gasteiger partial charge in [-0.25, -0.2) is 4.98 Å². The van der Waals surface area contributed by atoms with E-state index >= 15 is 0 Å². The van der Waals surface area contributed by atoms with E-state index in [1.165, 1.54) is 0 Å². The highest BCUT2D eigenvalue weighted by atomic mass is 16.3. The van der Waals surface area contributed by atoms with Gasteiger partial charge in [-0.05, 0) is 31.4 Å². The topological polar surface area (TPSA) is 65.5 Å². The second-order valence-electron chi connectivity index (χ2n) is 5.09. The van der Waals surface area contributed by atoms with Crippen molar-refractivity contribution in [1.29, 1.82) is 0 Å². The fraction of sp³-hybridized carbons (Fsp3) is 0.571. The van der Waals surface area contributed by atoms with Gasteiger partial charge in [0.2, 0.25) is 5.91 Å². The number of piperidine rings is 1. The van der Waals surface area contributed by atoms with Gasteiger partial charge in [-0.2, -0.15) is 0 Å². The van der Waals surface area contributed by atoms with Gasteiger partial charge in [0.25, 0.3) is 0 Å². The Hall–Kier alpha value is -1.62. The third kappa shape index (κ3) is 3.67. The molecular weight excluding hydrogens is 242 g/mol. The summed E-state index contributed by atoms with van der Waals surface area (Å²) in [6.45, 7) is 5.08. The molecule has 104 valence electrons. The molecule has 1 aromatic rings. The summed E-state index contributed by atoms with van der Waals surface area (Å²) in [5.74, 6) is 0.975. The molecule has 2 heterocycles. The number of rotatable bonds is 3. The quantitative estimate of drug-likeness (QED) is 0.861. The number of aromatic nitrogens is 1. The summed E-state index contributed by atoms with van der Waals surface area (Å²) in [5.41, 5.74) is 0.830. The van der Waals surface area contributed by atoms with Gasteiger partial charge >= 0.3 is 0 Å². The summed E-state index contributed by atoms with van der Waals surface area (Å²) < 4.78 is 0. The third-order valence-electron chi connectivity index (χ3n) is 3.48. The van der Waals surface area contributed by atoms with E-state index in [9.17, 15) is 9.90 Å². The van der Waals surface area contributed by atoms with Crippen molar-refractivity contribution in [3.05, 3.63) is 23.9 Å². The number of hydrogen-bond donors (Lipinski definition) is 2. The lowest BCUT2D eigenvalue weighted by Crippen LogP contribution is -2.44. The minimum absolute atomic E-state index is 0.0397. The van der Waals surface area contributed by atoms with Crippen molar-refractivity contribution in [1.82, 2.24) is 10.3 Å². The van der Waals surface area contributed by atoms with Crippen LogP contribution >= 0.6 is 0 Å². The Labute approximate surface area is 113 Å². The molecule has 5 nitrogen and oxygen atoms in total. The zero-order chi connectivity index (χ0) is 13.8. The fourth-order valence-electron chi connectivity index (χ4n) is 2.37. The molecule has 1 amide bonds. The molecule has 2 rings (SSSR count). The SMILES string of the molecule is CC(=O)NC1CCN(c2ccc([C@H](C)O)cn2)CC1. The van der Waals surface area contributed by atoms with Crippen LogP contribution in [0, 0.1) is 0 Å². The van der Waals surface area contributed by atoms with E-state index < -0.39 is 6.10 Å². The Kier molecular flexibility index (Phi) is 4.37. The molecule has 0 bridgehead atoms. The fourth-order valence-corrected chi connectivity index (χ4v) is 2.37. The van der Waals surface area contributed by atoms with E-state index in [0.29, 0.717) is 0 Å². The van der Waals surface area contributed by atoms with Gasteiger partial charge in [-0.1, -0.05) is 6.07 Å². The van der Waals surface area contributed by atoms with Crippen LogP contribution in [0.25, 0.3) is 0 Å². The number of nitrogens with one attached hydrogen (secondary N) is 1. The lowest BCUT2D eigenvalue weighted by Gasteiger charge is -2.33. The van der Waals surface area contributed by atoms with Crippen molar-refractivity contribution in [3.63, 3.8) is 0 Å². The predicted octanol–water partition coefficient (Wildman–Crippen LogP) is 1.24. The van der Waals surface area contributed by atoms with Crippen LogP contribution < -0.4 is 10.2 Å². The van der Waals surface area contributed by atoms with Crippen molar-refractivity contribution in [2.75, 3.05) is 18.0 Å². The first kappa shape index (κ1) is 13.8. The van der Waals surface area contributed by atoms with Gasteiger partial charge in [0.15, 0.2) is 0 Å². The minimum Gasteiger partial charge on any atom is -0.389 e. The molecule has 0 spiro atoms. The number of amides is 1. The smallest absolute Gasteiger partial charge is 0.217 e. The standard InChI is InChI=1S/C14H21N3O2/c1-10(18)12-3-4-14(15-9-12)17-7-5-13(6-8-17)16-11(2)19/h3-4,9-10,13,18H,5-8H2,1-2H3,(H,16,19)/t10-/m0/s1. The molecule has 0 aromatic carbocycles. The zero-order valence-electron chi connectivity index (χ0n) is 11.5. The first-order chi connectivity index (χ1) is 9.06. The number of nitrogens with zero attached hydrogens (tertiary/aromatic N) is 2. The lowest BCUT2D eigenvalue weighted by atomic mass is 10.0. The van der Waals surface area contributed by atoms with Crippen molar-refractivity contribution in [3.8, 4) is 0 Å². The molecule has 1 fully saturated rings. The first-order valence-electron chi connectivity index (χ1n) is 6.72. The van der Waals surface area contributed by atoms with Crippen LogP contribution in [0.15, 0.2) is 18.3 Å². The number of anilines is 1. The molecule has 1 saturated heterocycles. The van der Waals surface area contributed by atoms with Gasteiger partial charge in [-0.15, -0.1) is 0 Å². The van der Waals surface area contributed by atoms with Gasteiger partial charge in [0.1, 0.15) is 5.82 Å². The molecule has 0 radical (unpaired) electrons. The van der Waals surface area contributed by atoms with Gasteiger partial charge in [0.05, 0.1) is 6.10 Å². The van der Waals surface area contributed by atoms with Crippen LogP contribution in [-0.2, 0) is 4.79 Å². The third-order valence-corrected chi connectivity index (χ3v) is 3.48. The summed E-state index contributed by atoms with van der Waals surface area (Å²) in [4.78, 5) is 17.6. The number of carbonyl (C=O) groups excluding carboxylic acids is 1. The Balaban J connectivity index is 1.92.